The normalized spacial score (nSPS) is 10.4. The maximum atomic E-state index is 12.1. The third-order valence-electron chi connectivity index (χ3n) is 3.02. The van der Waals surface area contributed by atoms with Crippen LogP contribution in [0, 0.1) is 6.92 Å². The molecule has 0 fully saturated rings. The first-order valence-electron chi connectivity index (χ1n) is 7.89. The zero-order chi connectivity index (χ0) is 20.8. The van der Waals surface area contributed by atoms with E-state index < -0.39 is 29.2 Å². The van der Waals surface area contributed by atoms with Gasteiger partial charge in [0.2, 0.25) is 17.7 Å². The van der Waals surface area contributed by atoms with Crippen LogP contribution < -0.4 is 16.2 Å². The Morgan fingerprint density at radius 1 is 1.29 bits per heavy atom. The van der Waals surface area contributed by atoms with Crippen molar-refractivity contribution in [3.63, 3.8) is 0 Å². The van der Waals surface area contributed by atoms with Crippen molar-refractivity contribution in [2.75, 3.05) is 23.0 Å². The van der Waals surface area contributed by atoms with Crippen molar-refractivity contribution < 1.29 is 24.2 Å². The van der Waals surface area contributed by atoms with Gasteiger partial charge in [0.25, 0.3) is 5.56 Å². The second-order valence-corrected chi connectivity index (χ2v) is 7.20. The number of aryl methyl sites for hydroxylation is 1. The number of carbonyl (C=O) groups is 3. The van der Waals surface area contributed by atoms with Crippen molar-refractivity contribution in [1.82, 2.24) is 15.0 Å². The number of anilines is 2. The van der Waals surface area contributed by atoms with Gasteiger partial charge in [-0.1, -0.05) is 23.1 Å². The second-order valence-electron chi connectivity index (χ2n) is 5.24. The highest BCUT2D eigenvalue weighted by atomic mass is 32.2. The van der Waals surface area contributed by atoms with E-state index in [-0.39, 0.29) is 28.3 Å². The number of esters is 1. The Kier molecular flexibility index (Phi) is 7.12. The summed E-state index contributed by atoms with van der Waals surface area (Å²) in [5, 5.41) is 14.7. The molecule has 0 atom stereocenters. The van der Waals surface area contributed by atoms with E-state index in [0.717, 1.165) is 23.1 Å². The molecule has 0 spiro atoms. The van der Waals surface area contributed by atoms with Gasteiger partial charge in [-0.3, -0.25) is 19.4 Å². The van der Waals surface area contributed by atoms with Crippen molar-refractivity contribution in [2.45, 2.75) is 25.9 Å². The zero-order valence-corrected chi connectivity index (χ0v) is 16.7. The molecule has 0 saturated carbocycles. The van der Waals surface area contributed by atoms with Gasteiger partial charge in [0.15, 0.2) is 16.0 Å². The lowest BCUT2D eigenvalue weighted by Crippen LogP contribution is -2.19. The fourth-order valence-corrected chi connectivity index (χ4v) is 3.46. The number of hydrogen-bond acceptors (Lipinski definition) is 10. The molecule has 150 valence electrons. The van der Waals surface area contributed by atoms with Crippen LogP contribution in [0.3, 0.4) is 0 Å². The summed E-state index contributed by atoms with van der Waals surface area (Å²) in [6.45, 7) is 4.72. The SMILES string of the molecule is CCOC(=O)c1sc(NC(=O)CSc2nc(O)c(NC(C)=O)c(=O)[nH]2)nc1C. The van der Waals surface area contributed by atoms with E-state index in [1.54, 1.807) is 13.8 Å². The molecule has 4 N–H and O–H groups in total. The minimum Gasteiger partial charge on any atom is -0.492 e. The van der Waals surface area contributed by atoms with E-state index in [0.29, 0.717) is 10.6 Å². The minimum absolute atomic E-state index is 0.00529. The van der Waals surface area contributed by atoms with Crippen LogP contribution in [0.5, 0.6) is 5.88 Å². The summed E-state index contributed by atoms with van der Waals surface area (Å²) in [5.74, 6) is -2.30. The topological polar surface area (TPSA) is 163 Å². The maximum Gasteiger partial charge on any atom is 0.350 e. The number of aromatic hydroxyl groups is 1. The van der Waals surface area contributed by atoms with Gasteiger partial charge in [0.1, 0.15) is 4.88 Å². The van der Waals surface area contributed by atoms with Crippen molar-refractivity contribution >= 4 is 51.7 Å². The number of thioether (sulfide) groups is 1. The molecule has 11 nitrogen and oxygen atoms in total. The molecule has 2 rings (SSSR count). The van der Waals surface area contributed by atoms with E-state index in [2.05, 4.69) is 25.6 Å². The van der Waals surface area contributed by atoms with E-state index in [4.69, 9.17) is 4.74 Å². The molecule has 0 bridgehead atoms. The highest BCUT2D eigenvalue weighted by Crippen LogP contribution is 2.24. The fraction of sp³-hybridized carbons (Fsp3) is 0.333. The molecule has 0 aliphatic rings. The molecule has 2 aromatic heterocycles. The lowest BCUT2D eigenvalue weighted by Gasteiger charge is -2.05. The number of aromatic amines is 1. The first-order chi connectivity index (χ1) is 13.2. The molecule has 0 unspecified atom stereocenters. The maximum absolute atomic E-state index is 12.1. The summed E-state index contributed by atoms with van der Waals surface area (Å²) in [4.78, 5) is 57.2. The summed E-state index contributed by atoms with van der Waals surface area (Å²) in [5.41, 5.74) is -0.679. The Balaban J connectivity index is 2.00. The predicted octanol–water partition coefficient (Wildman–Crippen LogP) is 1.11. The van der Waals surface area contributed by atoms with Crippen molar-refractivity contribution in [3.05, 3.63) is 20.9 Å². The quantitative estimate of drug-likeness (QED) is 0.288. The van der Waals surface area contributed by atoms with Gasteiger partial charge in [-0.2, -0.15) is 4.98 Å². The summed E-state index contributed by atoms with van der Waals surface area (Å²) in [6, 6.07) is 0. The number of amides is 2. The van der Waals surface area contributed by atoms with Crippen LogP contribution in [0.15, 0.2) is 9.95 Å². The van der Waals surface area contributed by atoms with Crippen LogP contribution >= 0.6 is 23.1 Å². The Bertz CT molecular complexity index is 970. The first-order valence-corrected chi connectivity index (χ1v) is 9.69. The molecule has 2 heterocycles. The van der Waals surface area contributed by atoms with Crippen LogP contribution in [0.2, 0.25) is 0 Å². The van der Waals surface area contributed by atoms with Gasteiger partial charge in [-0.15, -0.1) is 0 Å². The number of carbonyl (C=O) groups excluding carboxylic acids is 3. The predicted molar refractivity (Wildman–Crippen MR) is 103 cm³/mol. The number of ether oxygens (including phenoxy) is 1. The van der Waals surface area contributed by atoms with Crippen LogP contribution in [0.1, 0.15) is 29.2 Å². The summed E-state index contributed by atoms with van der Waals surface area (Å²) < 4.78 is 4.91. The number of nitrogens with zero attached hydrogens (tertiary/aromatic N) is 2. The van der Waals surface area contributed by atoms with Gasteiger partial charge in [0.05, 0.1) is 18.1 Å². The monoisotopic (exact) mass is 427 g/mol. The van der Waals surface area contributed by atoms with E-state index >= 15 is 0 Å². The molecule has 0 aliphatic heterocycles. The van der Waals surface area contributed by atoms with E-state index in [1.165, 1.54) is 6.92 Å². The van der Waals surface area contributed by atoms with Gasteiger partial charge in [-0.25, -0.2) is 9.78 Å². The average molecular weight is 427 g/mol. The van der Waals surface area contributed by atoms with Crippen molar-refractivity contribution in [2.24, 2.45) is 0 Å². The lowest BCUT2D eigenvalue weighted by molar-refractivity contribution is -0.114. The molecule has 0 saturated heterocycles. The molecule has 0 aromatic carbocycles. The molecule has 0 aliphatic carbocycles. The number of hydrogen-bond donors (Lipinski definition) is 4. The minimum atomic E-state index is -0.750. The number of H-pyrrole nitrogens is 1. The fourth-order valence-electron chi connectivity index (χ4n) is 1.92. The average Bonchev–Trinajstić information content (AvgIpc) is 2.96. The van der Waals surface area contributed by atoms with Crippen molar-refractivity contribution in [3.8, 4) is 5.88 Å². The zero-order valence-electron chi connectivity index (χ0n) is 15.1. The second kappa shape index (κ2) is 9.32. The Labute approximate surface area is 166 Å². The van der Waals surface area contributed by atoms with Crippen LogP contribution in [0.4, 0.5) is 10.8 Å². The molecule has 2 aromatic rings. The summed E-state index contributed by atoms with van der Waals surface area (Å²) >= 11 is 1.85. The lowest BCUT2D eigenvalue weighted by atomic mass is 10.4. The molecule has 2 amide bonds. The first kappa shape index (κ1) is 21.4. The third kappa shape index (κ3) is 5.53. The van der Waals surface area contributed by atoms with E-state index in [1.807, 2.05) is 0 Å². The van der Waals surface area contributed by atoms with Gasteiger partial charge in [-0.05, 0) is 13.8 Å². The number of nitrogens with one attached hydrogen (secondary N) is 3. The van der Waals surface area contributed by atoms with Gasteiger partial charge >= 0.3 is 5.97 Å². The van der Waals surface area contributed by atoms with Crippen molar-refractivity contribution in [1.29, 1.82) is 0 Å². The summed E-state index contributed by atoms with van der Waals surface area (Å²) in [7, 11) is 0. The molecular weight excluding hydrogens is 410 g/mol. The van der Waals surface area contributed by atoms with Gasteiger partial charge in [0, 0.05) is 6.92 Å². The third-order valence-corrected chi connectivity index (χ3v) is 4.95. The summed E-state index contributed by atoms with van der Waals surface area (Å²) in [6.07, 6.45) is 0. The Morgan fingerprint density at radius 3 is 2.61 bits per heavy atom. The largest absolute Gasteiger partial charge is 0.492 e. The van der Waals surface area contributed by atoms with Crippen LogP contribution in [-0.2, 0) is 14.3 Å². The molecule has 28 heavy (non-hydrogen) atoms. The number of aromatic nitrogens is 3. The van der Waals surface area contributed by atoms with Gasteiger partial charge < -0.3 is 20.5 Å². The van der Waals surface area contributed by atoms with E-state index in [9.17, 15) is 24.3 Å². The smallest absolute Gasteiger partial charge is 0.350 e. The van der Waals surface area contributed by atoms with Crippen LogP contribution in [-0.4, -0.2) is 50.2 Å². The molecule has 0 radical (unpaired) electrons. The van der Waals surface area contributed by atoms with Crippen LogP contribution in [0.25, 0.3) is 0 Å². The Morgan fingerprint density at radius 2 is 2.00 bits per heavy atom. The number of thiazole rings is 1. The standard InChI is InChI=1S/C15H17N5O6S2/c1-4-26-13(25)10-6(2)16-15(28-10)18-8(22)5-27-14-19-11(23)9(12(24)20-14)17-7(3)21/h4-5H2,1-3H3,(H,17,21)(H,16,18,22)(H2,19,20,23,24). The molecule has 13 heteroatoms. The molecular formula is C15H17N5O6S2. The highest BCUT2D eigenvalue weighted by Gasteiger charge is 2.18. The number of rotatable bonds is 7. The Hall–Kier alpha value is -2.93. The highest BCUT2D eigenvalue weighted by molar-refractivity contribution is 7.99.